The van der Waals surface area contributed by atoms with Crippen LogP contribution in [0.3, 0.4) is 0 Å². The van der Waals surface area contributed by atoms with E-state index >= 15 is 0 Å². The molecule has 2 nitrogen and oxygen atoms in total. The van der Waals surface area contributed by atoms with Gasteiger partial charge in [-0.2, -0.15) is 0 Å². The van der Waals surface area contributed by atoms with Crippen molar-refractivity contribution in [2.45, 2.75) is 16.2 Å². The van der Waals surface area contributed by atoms with Crippen LogP contribution in [0.5, 0.6) is 0 Å². The summed E-state index contributed by atoms with van der Waals surface area (Å²) >= 11 is 0. The van der Waals surface area contributed by atoms with E-state index in [1.54, 1.807) is 0 Å². The van der Waals surface area contributed by atoms with Crippen LogP contribution in [0.15, 0.2) is 94.7 Å². The summed E-state index contributed by atoms with van der Waals surface area (Å²) in [5.41, 5.74) is 0. The minimum atomic E-state index is -1.07. The molecule has 2 unspecified atom stereocenters. The van der Waals surface area contributed by atoms with Gasteiger partial charge in [-0.3, -0.25) is 8.42 Å². The van der Waals surface area contributed by atoms with E-state index < -0.39 is 21.6 Å². The lowest BCUT2D eigenvalue weighted by Gasteiger charge is -2.06. The van der Waals surface area contributed by atoms with Crippen LogP contribution in [0.1, 0.15) is 6.42 Å². The van der Waals surface area contributed by atoms with Crippen molar-refractivity contribution in [2.24, 2.45) is 0 Å². The van der Waals surface area contributed by atoms with Crippen molar-refractivity contribution in [3.05, 3.63) is 84.9 Å². The molecule has 0 aliphatic rings. The SMILES string of the molecule is O=S(CCCS(=O)c1ccc2ccccc2c1)c1ccc2ccccc2c1. The molecule has 0 aliphatic heterocycles. The van der Waals surface area contributed by atoms with E-state index in [0.29, 0.717) is 17.9 Å². The molecular weight excluding hydrogens is 372 g/mol. The van der Waals surface area contributed by atoms with Crippen LogP contribution in [0.4, 0.5) is 0 Å². The van der Waals surface area contributed by atoms with E-state index in [1.165, 1.54) is 0 Å². The lowest BCUT2D eigenvalue weighted by molar-refractivity contribution is 0.678. The molecule has 0 aliphatic carbocycles. The Balaban J connectivity index is 1.39. The second-order valence-electron chi connectivity index (χ2n) is 6.47. The fraction of sp³-hybridized carbons (Fsp3) is 0.130. The summed E-state index contributed by atoms with van der Waals surface area (Å²) in [5, 5.41) is 4.50. The Hall–Kier alpha value is -2.30. The monoisotopic (exact) mass is 392 g/mol. The molecule has 4 heteroatoms. The van der Waals surface area contributed by atoms with Gasteiger partial charge in [0.15, 0.2) is 0 Å². The van der Waals surface area contributed by atoms with Gasteiger partial charge in [-0.15, -0.1) is 0 Å². The van der Waals surface area contributed by atoms with Gasteiger partial charge in [0.1, 0.15) is 0 Å². The Kier molecular flexibility index (Phi) is 5.46. The van der Waals surface area contributed by atoms with Crippen molar-refractivity contribution in [1.29, 1.82) is 0 Å². The van der Waals surface area contributed by atoms with Gasteiger partial charge >= 0.3 is 0 Å². The smallest absolute Gasteiger partial charge is 0.0530 e. The highest BCUT2D eigenvalue weighted by molar-refractivity contribution is 7.86. The minimum Gasteiger partial charge on any atom is -0.254 e. The second kappa shape index (κ2) is 8.15. The Morgan fingerprint density at radius 2 is 0.926 bits per heavy atom. The molecule has 0 radical (unpaired) electrons. The molecule has 0 N–H and O–H groups in total. The van der Waals surface area contributed by atoms with Gasteiger partial charge < -0.3 is 0 Å². The van der Waals surface area contributed by atoms with Crippen molar-refractivity contribution >= 4 is 43.1 Å². The zero-order valence-electron chi connectivity index (χ0n) is 14.8. The standard InChI is InChI=1S/C23H20O2S2/c24-26(22-12-10-18-6-1-3-8-20(18)16-22)14-5-15-27(25)23-13-11-19-7-2-4-9-21(19)17-23/h1-4,6-13,16-17H,5,14-15H2. The highest BCUT2D eigenvalue weighted by Gasteiger charge is 2.09. The number of benzene rings is 4. The molecule has 0 aromatic heterocycles. The van der Waals surface area contributed by atoms with Gasteiger partial charge in [0, 0.05) is 21.3 Å². The molecule has 4 rings (SSSR count). The van der Waals surface area contributed by atoms with Gasteiger partial charge in [-0.05, 0) is 52.2 Å². The van der Waals surface area contributed by atoms with Crippen LogP contribution in [0.2, 0.25) is 0 Å². The zero-order valence-corrected chi connectivity index (χ0v) is 16.5. The molecule has 2 atom stereocenters. The molecule has 0 bridgehead atoms. The zero-order chi connectivity index (χ0) is 18.6. The van der Waals surface area contributed by atoms with Gasteiger partial charge in [0.25, 0.3) is 0 Å². The van der Waals surface area contributed by atoms with Crippen molar-refractivity contribution in [1.82, 2.24) is 0 Å². The Morgan fingerprint density at radius 1 is 0.519 bits per heavy atom. The van der Waals surface area contributed by atoms with E-state index in [9.17, 15) is 8.42 Å². The molecule has 0 spiro atoms. The first-order valence-corrected chi connectivity index (χ1v) is 11.6. The molecule has 27 heavy (non-hydrogen) atoms. The number of fused-ring (bicyclic) bond motifs is 2. The first kappa shape index (κ1) is 18.1. The van der Waals surface area contributed by atoms with Crippen LogP contribution in [0, 0.1) is 0 Å². The fourth-order valence-corrected chi connectivity index (χ4v) is 5.60. The fourth-order valence-electron chi connectivity index (χ4n) is 3.17. The van der Waals surface area contributed by atoms with Crippen LogP contribution >= 0.6 is 0 Å². The normalized spacial score (nSPS) is 13.6. The third kappa shape index (κ3) is 4.18. The quantitative estimate of drug-likeness (QED) is 0.446. The summed E-state index contributed by atoms with van der Waals surface area (Å²) < 4.78 is 25.2. The van der Waals surface area contributed by atoms with E-state index in [0.717, 1.165) is 31.3 Å². The van der Waals surface area contributed by atoms with Crippen molar-refractivity contribution in [3.8, 4) is 0 Å². The highest BCUT2D eigenvalue weighted by atomic mass is 32.2. The van der Waals surface area contributed by atoms with E-state index in [1.807, 2.05) is 72.8 Å². The summed E-state index contributed by atoms with van der Waals surface area (Å²) in [6.45, 7) is 0. The van der Waals surface area contributed by atoms with Gasteiger partial charge in [0.2, 0.25) is 0 Å². The van der Waals surface area contributed by atoms with E-state index in [4.69, 9.17) is 0 Å². The average molecular weight is 393 g/mol. The molecule has 4 aromatic rings. The largest absolute Gasteiger partial charge is 0.254 e. The Morgan fingerprint density at radius 3 is 1.37 bits per heavy atom. The lowest BCUT2D eigenvalue weighted by atomic mass is 10.1. The summed E-state index contributed by atoms with van der Waals surface area (Å²) in [5.74, 6) is 1.05. The maximum atomic E-state index is 12.6. The van der Waals surface area contributed by atoms with Crippen molar-refractivity contribution in [2.75, 3.05) is 11.5 Å². The predicted molar refractivity (Wildman–Crippen MR) is 115 cm³/mol. The molecule has 136 valence electrons. The lowest BCUT2D eigenvalue weighted by Crippen LogP contribution is -2.05. The van der Waals surface area contributed by atoms with Gasteiger partial charge in [-0.1, -0.05) is 60.7 Å². The highest BCUT2D eigenvalue weighted by Crippen LogP contribution is 2.20. The summed E-state index contributed by atoms with van der Waals surface area (Å²) in [4.78, 5) is 1.68. The van der Waals surface area contributed by atoms with E-state index in [-0.39, 0.29) is 0 Å². The molecule has 0 saturated heterocycles. The molecule has 0 heterocycles. The molecule has 0 saturated carbocycles. The molecule has 0 amide bonds. The maximum absolute atomic E-state index is 12.6. The molecule has 0 fully saturated rings. The second-order valence-corrected chi connectivity index (χ2v) is 9.61. The summed E-state index contributed by atoms with van der Waals surface area (Å²) in [6.07, 6.45) is 0.666. The number of rotatable bonds is 6. The van der Waals surface area contributed by atoms with Crippen molar-refractivity contribution in [3.63, 3.8) is 0 Å². The molecular formula is C23H20O2S2. The molecule has 4 aromatic carbocycles. The third-order valence-electron chi connectivity index (χ3n) is 4.63. The van der Waals surface area contributed by atoms with Crippen LogP contribution in [-0.2, 0) is 21.6 Å². The number of hydrogen-bond donors (Lipinski definition) is 0. The average Bonchev–Trinajstić information content (AvgIpc) is 2.72. The summed E-state index contributed by atoms with van der Waals surface area (Å²) in [6, 6.07) is 28.0. The van der Waals surface area contributed by atoms with Gasteiger partial charge in [-0.25, -0.2) is 0 Å². The first-order chi connectivity index (χ1) is 13.2. The van der Waals surface area contributed by atoms with E-state index in [2.05, 4.69) is 12.1 Å². The Labute approximate surface area is 164 Å². The first-order valence-electron chi connectivity index (χ1n) is 8.95. The number of hydrogen-bond acceptors (Lipinski definition) is 2. The van der Waals surface area contributed by atoms with Crippen molar-refractivity contribution < 1.29 is 8.42 Å². The van der Waals surface area contributed by atoms with Gasteiger partial charge in [0.05, 0.1) is 21.6 Å². The minimum absolute atomic E-state index is 0.525. The third-order valence-corrected chi connectivity index (χ3v) is 7.51. The van der Waals surface area contributed by atoms with Crippen LogP contribution in [0.25, 0.3) is 21.5 Å². The maximum Gasteiger partial charge on any atom is 0.0530 e. The Bertz CT molecular complexity index is 1060. The summed E-state index contributed by atoms with van der Waals surface area (Å²) in [7, 11) is -2.14. The predicted octanol–water partition coefficient (Wildman–Crippen LogP) is 5.30. The van der Waals surface area contributed by atoms with Crippen LogP contribution in [-0.4, -0.2) is 19.9 Å². The van der Waals surface area contributed by atoms with Crippen LogP contribution < -0.4 is 0 Å². The topological polar surface area (TPSA) is 34.1 Å².